The summed E-state index contributed by atoms with van der Waals surface area (Å²) >= 11 is 6.46. The molecule has 8 heteroatoms. The van der Waals surface area contributed by atoms with Gasteiger partial charge in [-0.3, -0.25) is 0 Å². The van der Waals surface area contributed by atoms with Gasteiger partial charge in [0.2, 0.25) is 5.95 Å². The Balaban J connectivity index is 1.49. The van der Waals surface area contributed by atoms with Gasteiger partial charge in [-0.2, -0.15) is 4.39 Å². The number of hydrogen-bond donors (Lipinski definition) is 1. The van der Waals surface area contributed by atoms with Crippen molar-refractivity contribution in [2.24, 2.45) is 0 Å². The summed E-state index contributed by atoms with van der Waals surface area (Å²) in [5, 5.41) is 3.95. The maximum atomic E-state index is 12.9. The van der Waals surface area contributed by atoms with Crippen molar-refractivity contribution in [1.82, 2.24) is 10.3 Å². The number of nitrogens with zero attached hydrogens (tertiary/aromatic N) is 1. The molecular formula is C25H22ClFN2O4. The fourth-order valence-electron chi connectivity index (χ4n) is 3.16. The van der Waals surface area contributed by atoms with Gasteiger partial charge < -0.3 is 19.2 Å². The highest BCUT2D eigenvalue weighted by Gasteiger charge is 2.17. The van der Waals surface area contributed by atoms with Crippen molar-refractivity contribution in [3.05, 3.63) is 77.5 Å². The molecule has 0 radical (unpaired) electrons. The molecule has 0 spiro atoms. The van der Waals surface area contributed by atoms with E-state index in [0.717, 1.165) is 16.5 Å². The van der Waals surface area contributed by atoms with Gasteiger partial charge in [0.05, 0.1) is 17.8 Å². The molecule has 0 aliphatic carbocycles. The Morgan fingerprint density at radius 2 is 1.79 bits per heavy atom. The van der Waals surface area contributed by atoms with E-state index in [1.807, 2.05) is 42.5 Å². The van der Waals surface area contributed by atoms with Crippen LogP contribution in [-0.2, 0) is 11.3 Å². The molecule has 2 aromatic carbocycles. The number of rotatable bonds is 5. The molecule has 0 atom stereocenters. The maximum Gasteiger partial charge on any atom is 0.408 e. The normalized spacial score (nSPS) is 11.4. The number of aromatic nitrogens is 1. The molecular weight excluding hydrogens is 447 g/mol. The molecule has 33 heavy (non-hydrogen) atoms. The van der Waals surface area contributed by atoms with Crippen LogP contribution in [0.25, 0.3) is 22.1 Å². The fraction of sp³-hybridized carbons (Fsp3) is 0.200. The summed E-state index contributed by atoms with van der Waals surface area (Å²) < 4.78 is 29.7. The Labute approximate surface area is 195 Å². The van der Waals surface area contributed by atoms with Crippen LogP contribution in [0.4, 0.5) is 9.18 Å². The standard InChI is InChI=1S/C25H22ClFN2O4/c1-25(2,3)33-24(30)29-14-20-11-17-10-16(12-21(26)23(17)32-20)15-4-6-18(7-5-15)31-19-8-9-22(27)28-13-19/h4-13H,14H2,1-3H3,(H,29,30). The number of ether oxygens (including phenoxy) is 2. The predicted molar refractivity (Wildman–Crippen MR) is 124 cm³/mol. The van der Waals surface area contributed by atoms with Crippen LogP contribution in [0.1, 0.15) is 26.5 Å². The van der Waals surface area contributed by atoms with E-state index >= 15 is 0 Å². The third-order valence-electron chi connectivity index (χ3n) is 4.55. The zero-order valence-corrected chi connectivity index (χ0v) is 19.1. The van der Waals surface area contributed by atoms with Gasteiger partial charge >= 0.3 is 6.09 Å². The molecule has 4 aromatic rings. The van der Waals surface area contributed by atoms with Crippen molar-refractivity contribution >= 4 is 28.7 Å². The van der Waals surface area contributed by atoms with Crippen molar-refractivity contribution in [1.29, 1.82) is 0 Å². The second-order valence-electron chi connectivity index (χ2n) is 8.39. The lowest BCUT2D eigenvalue weighted by Gasteiger charge is -2.19. The highest BCUT2D eigenvalue weighted by molar-refractivity contribution is 6.35. The molecule has 0 aliphatic rings. The summed E-state index contributed by atoms with van der Waals surface area (Å²) in [7, 11) is 0. The second kappa shape index (κ2) is 9.11. The number of carbonyl (C=O) groups excluding carboxylic acids is 1. The Hall–Kier alpha value is -3.58. The summed E-state index contributed by atoms with van der Waals surface area (Å²) in [6.45, 7) is 5.58. The first-order valence-electron chi connectivity index (χ1n) is 10.2. The monoisotopic (exact) mass is 468 g/mol. The predicted octanol–water partition coefficient (Wildman–Crippen LogP) is 7.10. The smallest absolute Gasteiger partial charge is 0.408 e. The molecule has 0 unspecified atom stereocenters. The van der Waals surface area contributed by atoms with Crippen LogP contribution in [0.3, 0.4) is 0 Å². The van der Waals surface area contributed by atoms with E-state index in [1.54, 1.807) is 20.8 Å². The minimum Gasteiger partial charge on any atom is -0.458 e. The minimum absolute atomic E-state index is 0.180. The number of pyridine rings is 1. The summed E-state index contributed by atoms with van der Waals surface area (Å²) in [6, 6.07) is 15.8. The number of furan rings is 1. The van der Waals surface area contributed by atoms with E-state index in [1.165, 1.54) is 18.3 Å². The van der Waals surface area contributed by atoms with Crippen LogP contribution in [0, 0.1) is 5.95 Å². The van der Waals surface area contributed by atoms with Gasteiger partial charge in [0, 0.05) is 5.39 Å². The third kappa shape index (κ3) is 5.81. The SMILES string of the molecule is CC(C)(C)OC(=O)NCc1cc2cc(-c3ccc(Oc4ccc(F)nc4)cc3)cc(Cl)c2o1. The largest absolute Gasteiger partial charge is 0.458 e. The van der Waals surface area contributed by atoms with E-state index in [2.05, 4.69) is 10.3 Å². The molecule has 0 fully saturated rings. The zero-order valence-electron chi connectivity index (χ0n) is 18.3. The fourth-order valence-corrected chi connectivity index (χ4v) is 3.43. The molecule has 170 valence electrons. The molecule has 1 amide bonds. The summed E-state index contributed by atoms with van der Waals surface area (Å²) in [6.07, 6.45) is 0.805. The Kier molecular flexibility index (Phi) is 6.24. The molecule has 0 aliphatic heterocycles. The van der Waals surface area contributed by atoms with Crippen molar-refractivity contribution in [3.8, 4) is 22.6 Å². The van der Waals surface area contributed by atoms with Crippen molar-refractivity contribution in [2.75, 3.05) is 0 Å². The van der Waals surface area contributed by atoms with Gasteiger partial charge in [-0.05, 0) is 74.4 Å². The van der Waals surface area contributed by atoms with Gasteiger partial charge in [0.25, 0.3) is 0 Å². The van der Waals surface area contributed by atoms with E-state index in [0.29, 0.717) is 27.9 Å². The molecule has 0 bridgehead atoms. The molecule has 1 N–H and O–H groups in total. The number of carbonyl (C=O) groups is 1. The minimum atomic E-state index is -0.577. The lowest BCUT2D eigenvalue weighted by atomic mass is 10.0. The van der Waals surface area contributed by atoms with Gasteiger partial charge in [-0.1, -0.05) is 23.7 Å². The number of alkyl carbamates (subject to hydrolysis) is 1. The lowest BCUT2D eigenvalue weighted by Crippen LogP contribution is -2.32. The first-order valence-corrected chi connectivity index (χ1v) is 10.6. The van der Waals surface area contributed by atoms with Gasteiger partial charge in [-0.15, -0.1) is 0 Å². The quantitative estimate of drug-likeness (QED) is 0.316. The number of nitrogens with one attached hydrogen (secondary N) is 1. The van der Waals surface area contributed by atoms with Crippen LogP contribution in [0.2, 0.25) is 5.02 Å². The molecule has 2 heterocycles. The van der Waals surface area contributed by atoms with E-state index in [4.69, 9.17) is 25.5 Å². The molecule has 6 nitrogen and oxygen atoms in total. The number of benzene rings is 2. The average molecular weight is 469 g/mol. The van der Waals surface area contributed by atoms with Crippen LogP contribution in [0.15, 0.2) is 65.2 Å². The van der Waals surface area contributed by atoms with Crippen molar-refractivity contribution in [2.45, 2.75) is 32.9 Å². The number of hydrogen-bond acceptors (Lipinski definition) is 5. The number of amides is 1. The third-order valence-corrected chi connectivity index (χ3v) is 4.83. The Morgan fingerprint density at radius 3 is 2.45 bits per heavy atom. The van der Waals surface area contributed by atoms with Crippen molar-refractivity contribution in [3.63, 3.8) is 0 Å². The first-order chi connectivity index (χ1) is 15.7. The van der Waals surface area contributed by atoms with Gasteiger partial charge in [0.1, 0.15) is 22.9 Å². The van der Waals surface area contributed by atoms with E-state index < -0.39 is 17.6 Å². The zero-order chi connectivity index (χ0) is 23.6. The first kappa shape index (κ1) is 22.6. The molecule has 0 saturated carbocycles. The number of halogens is 2. The Bertz CT molecular complexity index is 1280. The lowest BCUT2D eigenvalue weighted by molar-refractivity contribution is 0.0520. The Morgan fingerprint density at radius 1 is 1.06 bits per heavy atom. The average Bonchev–Trinajstić information content (AvgIpc) is 3.17. The van der Waals surface area contributed by atoms with E-state index in [9.17, 15) is 9.18 Å². The highest BCUT2D eigenvalue weighted by atomic mass is 35.5. The highest BCUT2D eigenvalue weighted by Crippen LogP contribution is 2.34. The van der Waals surface area contributed by atoms with Crippen LogP contribution in [-0.4, -0.2) is 16.7 Å². The summed E-state index contributed by atoms with van der Waals surface area (Å²) in [5.41, 5.74) is 1.80. The van der Waals surface area contributed by atoms with Crippen LogP contribution in [0.5, 0.6) is 11.5 Å². The number of fused-ring (bicyclic) bond motifs is 1. The van der Waals surface area contributed by atoms with E-state index in [-0.39, 0.29) is 6.54 Å². The van der Waals surface area contributed by atoms with Gasteiger partial charge in [-0.25, -0.2) is 9.78 Å². The molecule has 2 aromatic heterocycles. The second-order valence-corrected chi connectivity index (χ2v) is 8.79. The van der Waals surface area contributed by atoms with Gasteiger partial charge in [0.15, 0.2) is 5.58 Å². The summed E-state index contributed by atoms with van der Waals surface area (Å²) in [4.78, 5) is 15.5. The summed E-state index contributed by atoms with van der Waals surface area (Å²) in [5.74, 6) is 1.04. The van der Waals surface area contributed by atoms with Crippen LogP contribution >= 0.6 is 11.6 Å². The topological polar surface area (TPSA) is 73.6 Å². The van der Waals surface area contributed by atoms with Crippen LogP contribution < -0.4 is 10.1 Å². The van der Waals surface area contributed by atoms with Crippen molar-refractivity contribution < 1.29 is 23.1 Å². The molecule has 0 saturated heterocycles. The molecule has 4 rings (SSSR count). The maximum absolute atomic E-state index is 12.9.